The van der Waals surface area contributed by atoms with Crippen molar-refractivity contribution in [3.8, 4) is 0 Å². The third-order valence-electron chi connectivity index (χ3n) is 3.93. The lowest BCUT2D eigenvalue weighted by Gasteiger charge is -2.42. The van der Waals surface area contributed by atoms with Crippen LogP contribution in [-0.4, -0.2) is 54.3 Å². The first-order valence-electron chi connectivity index (χ1n) is 6.78. The topological polar surface area (TPSA) is 64.8 Å². The van der Waals surface area contributed by atoms with Gasteiger partial charge in [-0.3, -0.25) is 4.79 Å². The van der Waals surface area contributed by atoms with Gasteiger partial charge in [-0.2, -0.15) is 0 Å². The molecule has 6 heteroatoms. The van der Waals surface area contributed by atoms with E-state index in [0.29, 0.717) is 44.1 Å². The van der Waals surface area contributed by atoms with Crippen LogP contribution in [0.1, 0.15) is 26.7 Å². The number of hydrogen-bond donors (Lipinski definition) is 1. The number of amides is 1. The summed E-state index contributed by atoms with van der Waals surface area (Å²) in [5.41, 5.74) is 5.16. The molecular weight excluding hydrogens is 264 g/mol. The molecule has 0 aromatic heterocycles. The van der Waals surface area contributed by atoms with E-state index in [1.165, 1.54) is 0 Å². The normalized spacial score (nSPS) is 30.9. The van der Waals surface area contributed by atoms with Crippen LogP contribution in [0.25, 0.3) is 0 Å². The second kappa shape index (κ2) is 5.73. The van der Waals surface area contributed by atoms with Gasteiger partial charge in [0.05, 0.1) is 17.2 Å². The maximum Gasteiger partial charge on any atom is 0.235 e. The average molecular weight is 286 g/mol. The van der Waals surface area contributed by atoms with Gasteiger partial charge < -0.3 is 20.1 Å². The summed E-state index contributed by atoms with van der Waals surface area (Å²) in [4.78, 5) is 15.0. The number of nitrogens with two attached hydrogens (primary N) is 1. The summed E-state index contributed by atoms with van der Waals surface area (Å²) >= 11 is 5.18. The molecule has 2 N–H and O–H groups in total. The largest absolute Gasteiger partial charge is 0.392 e. The first-order chi connectivity index (χ1) is 8.95. The monoisotopic (exact) mass is 286 g/mol. The Labute approximate surface area is 119 Å². The van der Waals surface area contributed by atoms with Crippen LogP contribution in [0.4, 0.5) is 0 Å². The van der Waals surface area contributed by atoms with Crippen LogP contribution in [0.5, 0.6) is 0 Å². The lowest BCUT2D eigenvalue weighted by atomic mass is 9.78. The molecule has 2 rings (SSSR count). The van der Waals surface area contributed by atoms with E-state index in [0.717, 1.165) is 0 Å². The zero-order valence-corrected chi connectivity index (χ0v) is 12.4. The van der Waals surface area contributed by atoms with Gasteiger partial charge >= 0.3 is 0 Å². The third kappa shape index (κ3) is 2.90. The molecule has 2 aliphatic rings. The van der Waals surface area contributed by atoms with E-state index in [4.69, 9.17) is 27.4 Å². The Balaban J connectivity index is 2.17. The first-order valence-corrected chi connectivity index (χ1v) is 7.19. The molecule has 0 saturated carbocycles. The molecule has 19 heavy (non-hydrogen) atoms. The predicted molar refractivity (Wildman–Crippen MR) is 75.9 cm³/mol. The standard InChI is InChI=1S/C13H22N2O3S/c1-9-7-15(8-10(2)18-9)12(16)13(11(14)19)3-5-17-6-4-13/h9-10H,3-8H2,1-2H3,(H2,14,19). The Hall–Kier alpha value is -0.720. The molecule has 2 atom stereocenters. The quantitative estimate of drug-likeness (QED) is 0.757. The zero-order chi connectivity index (χ0) is 14.0. The van der Waals surface area contributed by atoms with Crippen molar-refractivity contribution in [1.29, 1.82) is 0 Å². The van der Waals surface area contributed by atoms with Gasteiger partial charge in [-0.05, 0) is 26.7 Å². The zero-order valence-electron chi connectivity index (χ0n) is 11.6. The summed E-state index contributed by atoms with van der Waals surface area (Å²) < 4.78 is 11.0. The molecule has 2 heterocycles. The SMILES string of the molecule is CC1CN(C(=O)C2(C(N)=S)CCOCC2)CC(C)O1. The molecule has 0 bridgehead atoms. The summed E-state index contributed by atoms with van der Waals surface area (Å²) in [6.07, 6.45) is 1.27. The van der Waals surface area contributed by atoms with E-state index in [-0.39, 0.29) is 18.1 Å². The van der Waals surface area contributed by atoms with Crippen molar-refractivity contribution >= 4 is 23.1 Å². The van der Waals surface area contributed by atoms with Gasteiger partial charge in [-0.1, -0.05) is 12.2 Å². The fraction of sp³-hybridized carbons (Fsp3) is 0.846. The lowest BCUT2D eigenvalue weighted by molar-refractivity contribution is -0.153. The molecular formula is C13H22N2O3S. The maximum atomic E-state index is 12.9. The van der Waals surface area contributed by atoms with Crippen molar-refractivity contribution in [3.63, 3.8) is 0 Å². The molecule has 0 aliphatic carbocycles. The molecule has 0 aromatic carbocycles. The van der Waals surface area contributed by atoms with Gasteiger partial charge in [-0.25, -0.2) is 0 Å². The van der Waals surface area contributed by atoms with Crippen LogP contribution in [-0.2, 0) is 14.3 Å². The van der Waals surface area contributed by atoms with Crippen LogP contribution in [0.15, 0.2) is 0 Å². The highest BCUT2D eigenvalue weighted by molar-refractivity contribution is 7.80. The van der Waals surface area contributed by atoms with Crippen molar-refractivity contribution in [1.82, 2.24) is 4.90 Å². The van der Waals surface area contributed by atoms with E-state index in [9.17, 15) is 4.79 Å². The number of ether oxygens (including phenoxy) is 2. The first kappa shape index (κ1) is 14.7. The Morgan fingerprint density at radius 1 is 1.26 bits per heavy atom. The summed E-state index contributed by atoms with van der Waals surface area (Å²) in [6, 6.07) is 0. The van der Waals surface area contributed by atoms with E-state index < -0.39 is 5.41 Å². The van der Waals surface area contributed by atoms with Crippen molar-refractivity contribution in [2.24, 2.45) is 11.1 Å². The average Bonchev–Trinajstić information content (AvgIpc) is 2.37. The minimum absolute atomic E-state index is 0.0466. The fourth-order valence-electron chi connectivity index (χ4n) is 2.93. The minimum atomic E-state index is -0.718. The van der Waals surface area contributed by atoms with Gasteiger partial charge in [0, 0.05) is 26.3 Å². The molecule has 2 aliphatic heterocycles. The second-order valence-electron chi connectivity index (χ2n) is 5.53. The van der Waals surface area contributed by atoms with Crippen LogP contribution in [0.2, 0.25) is 0 Å². The Morgan fingerprint density at radius 2 is 1.79 bits per heavy atom. The van der Waals surface area contributed by atoms with E-state index >= 15 is 0 Å². The van der Waals surface area contributed by atoms with Crippen molar-refractivity contribution in [2.45, 2.75) is 38.9 Å². The minimum Gasteiger partial charge on any atom is -0.392 e. The predicted octanol–water partition coefficient (Wildman–Crippen LogP) is 0.705. The molecule has 0 spiro atoms. The van der Waals surface area contributed by atoms with Gasteiger partial charge in [-0.15, -0.1) is 0 Å². The van der Waals surface area contributed by atoms with E-state index in [1.54, 1.807) is 0 Å². The highest BCUT2D eigenvalue weighted by Crippen LogP contribution is 2.34. The van der Waals surface area contributed by atoms with Crippen LogP contribution < -0.4 is 5.73 Å². The number of rotatable bonds is 2. The van der Waals surface area contributed by atoms with Gasteiger partial charge in [0.25, 0.3) is 0 Å². The number of carbonyl (C=O) groups excluding carboxylic acids is 1. The molecule has 2 saturated heterocycles. The number of nitrogens with zero attached hydrogens (tertiary/aromatic N) is 1. The third-order valence-corrected chi connectivity index (χ3v) is 4.32. The highest BCUT2D eigenvalue weighted by Gasteiger charge is 2.46. The number of carbonyl (C=O) groups is 1. The summed E-state index contributed by atoms with van der Waals surface area (Å²) in [7, 11) is 0. The van der Waals surface area contributed by atoms with Gasteiger partial charge in [0.1, 0.15) is 5.41 Å². The molecule has 0 aromatic rings. The van der Waals surface area contributed by atoms with Crippen molar-refractivity contribution in [3.05, 3.63) is 0 Å². The summed E-state index contributed by atoms with van der Waals surface area (Å²) in [5.74, 6) is 0.0466. The number of hydrogen-bond acceptors (Lipinski definition) is 4. The summed E-state index contributed by atoms with van der Waals surface area (Å²) in [5, 5.41) is 0. The number of morpholine rings is 1. The Morgan fingerprint density at radius 3 is 2.26 bits per heavy atom. The van der Waals surface area contributed by atoms with Crippen LogP contribution >= 0.6 is 12.2 Å². The Bertz CT molecular complexity index is 359. The van der Waals surface area contributed by atoms with Crippen molar-refractivity contribution in [2.75, 3.05) is 26.3 Å². The molecule has 2 unspecified atom stereocenters. The van der Waals surface area contributed by atoms with Crippen molar-refractivity contribution < 1.29 is 14.3 Å². The van der Waals surface area contributed by atoms with E-state index in [1.807, 2.05) is 18.7 Å². The Kier molecular flexibility index (Phi) is 4.43. The molecule has 5 nitrogen and oxygen atoms in total. The fourth-order valence-corrected chi connectivity index (χ4v) is 3.22. The molecule has 108 valence electrons. The molecule has 0 radical (unpaired) electrons. The highest BCUT2D eigenvalue weighted by atomic mass is 32.1. The molecule has 2 fully saturated rings. The second-order valence-corrected chi connectivity index (χ2v) is 5.97. The lowest BCUT2D eigenvalue weighted by Crippen LogP contribution is -2.57. The van der Waals surface area contributed by atoms with Crippen LogP contribution in [0.3, 0.4) is 0 Å². The van der Waals surface area contributed by atoms with Crippen LogP contribution in [0, 0.1) is 5.41 Å². The van der Waals surface area contributed by atoms with E-state index in [2.05, 4.69) is 0 Å². The molecule has 1 amide bonds. The smallest absolute Gasteiger partial charge is 0.235 e. The maximum absolute atomic E-state index is 12.9. The van der Waals surface area contributed by atoms with Gasteiger partial charge in [0.15, 0.2) is 0 Å². The summed E-state index contributed by atoms with van der Waals surface area (Å²) in [6.45, 7) is 6.25. The van der Waals surface area contributed by atoms with Gasteiger partial charge in [0.2, 0.25) is 5.91 Å². The number of thiocarbonyl (C=S) groups is 1.